The maximum atomic E-state index is 13.1. The topological polar surface area (TPSA) is 49.4 Å². The number of likely N-dealkylation sites (tertiary alicyclic amines) is 1. The molecule has 0 spiro atoms. The lowest BCUT2D eigenvalue weighted by Gasteiger charge is -2.34. The van der Waals surface area contributed by atoms with E-state index in [4.69, 9.17) is 0 Å². The Morgan fingerprint density at radius 1 is 1.12 bits per heavy atom. The highest BCUT2D eigenvalue weighted by atomic mass is 19.4. The summed E-state index contributed by atoms with van der Waals surface area (Å²) in [5.41, 5.74) is 0. The molecule has 1 aliphatic heterocycles. The van der Waals surface area contributed by atoms with Crippen LogP contribution in [0.1, 0.15) is 38.5 Å². The maximum Gasteiger partial charge on any atom is 0.392 e. The molecule has 4 nitrogen and oxygen atoms in total. The Kier molecular flexibility index (Phi) is 6.29. The van der Waals surface area contributed by atoms with Gasteiger partial charge in [-0.15, -0.1) is 0 Å². The zero-order valence-electron chi connectivity index (χ0n) is 13.8. The first-order valence-electron chi connectivity index (χ1n) is 8.58. The van der Waals surface area contributed by atoms with Crippen LogP contribution in [0, 0.1) is 17.8 Å². The number of nitrogens with zero attached hydrogens (tertiary/aromatic N) is 1. The molecule has 1 aliphatic carbocycles. The van der Waals surface area contributed by atoms with E-state index >= 15 is 0 Å². The molecule has 24 heavy (non-hydrogen) atoms. The van der Waals surface area contributed by atoms with E-state index in [1.165, 1.54) is 6.08 Å². The molecule has 0 bridgehead atoms. The summed E-state index contributed by atoms with van der Waals surface area (Å²) < 4.78 is 39.2. The maximum absolute atomic E-state index is 13.1. The van der Waals surface area contributed by atoms with E-state index < -0.39 is 18.0 Å². The number of nitrogens with one attached hydrogen (secondary N) is 1. The minimum Gasteiger partial charge on any atom is -0.356 e. The van der Waals surface area contributed by atoms with Gasteiger partial charge in [-0.05, 0) is 37.7 Å². The molecule has 2 fully saturated rings. The molecule has 2 amide bonds. The molecule has 0 aromatic heterocycles. The van der Waals surface area contributed by atoms with Gasteiger partial charge in [0.1, 0.15) is 0 Å². The van der Waals surface area contributed by atoms with E-state index in [1.807, 2.05) is 0 Å². The summed E-state index contributed by atoms with van der Waals surface area (Å²) in [5, 5.41) is 2.72. The highest BCUT2D eigenvalue weighted by Gasteiger charge is 2.45. The average Bonchev–Trinajstić information content (AvgIpc) is 2.58. The number of hydrogen-bond acceptors (Lipinski definition) is 2. The van der Waals surface area contributed by atoms with Crippen molar-refractivity contribution in [1.82, 2.24) is 10.2 Å². The number of halogens is 3. The largest absolute Gasteiger partial charge is 0.392 e. The highest BCUT2D eigenvalue weighted by Crippen LogP contribution is 2.41. The summed E-state index contributed by atoms with van der Waals surface area (Å²) in [6.45, 7) is 4.50. The average molecular weight is 346 g/mol. The van der Waals surface area contributed by atoms with Gasteiger partial charge in [-0.25, -0.2) is 0 Å². The van der Waals surface area contributed by atoms with Crippen LogP contribution in [-0.2, 0) is 9.59 Å². The fraction of sp³-hybridized carbons (Fsp3) is 0.765. The second-order valence-electron chi connectivity index (χ2n) is 6.74. The quantitative estimate of drug-likeness (QED) is 0.796. The summed E-state index contributed by atoms with van der Waals surface area (Å²) in [6.07, 6.45) is 0.201. The van der Waals surface area contributed by atoms with Crippen molar-refractivity contribution in [2.45, 2.75) is 44.7 Å². The molecule has 2 rings (SSSR count). The zero-order valence-corrected chi connectivity index (χ0v) is 13.8. The summed E-state index contributed by atoms with van der Waals surface area (Å²) >= 11 is 0. The van der Waals surface area contributed by atoms with Crippen molar-refractivity contribution in [3.05, 3.63) is 12.7 Å². The Hall–Kier alpha value is -1.53. The molecule has 0 radical (unpaired) electrons. The first-order valence-corrected chi connectivity index (χ1v) is 8.58. The Morgan fingerprint density at radius 3 is 2.33 bits per heavy atom. The van der Waals surface area contributed by atoms with Crippen LogP contribution in [-0.4, -0.2) is 42.5 Å². The van der Waals surface area contributed by atoms with Crippen LogP contribution in [0.5, 0.6) is 0 Å². The van der Waals surface area contributed by atoms with E-state index in [9.17, 15) is 22.8 Å². The molecule has 136 valence electrons. The first kappa shape index (κ1) is 18.8. The third kappa shape index (κ3) is 4.74. The second-order valence-corrected chi connectivity index (χ2v) is 6.74. The van der Waals surface area contributed by atoms with Gasteiger partial charge in [-0.2, -0.15) is 13.2 Å². The molecule has 2 atom stereocenters. The zero-order chi connectivity index (χ0) is 17.7. The van der Waals surface area contributed by atoms with Crippen molar-refractivity contribution in [2.24, 2.45) is 17.8 Å². The molecule has 1 saturated carbocycles. The van der Waals surface area contributed by atoms with Crippen molar-refractivity contribution >= 4 is 11.8 Å². The normalized spacial score (nSPS) is 26.0. The van der Waals surface area contributed by atoms with Gasteiger partial charge in [-0.1, -0.05) is 19.4 Å². The highest BCUT2D eigenvalue weighted by molar-refractivity contribution is 5.87. The van der Waals surface area contributed by atoms with Gasteiger partial charge < -0.3 is 10.2 Å². The summed E-state index contributed by atoms with van der Waals surface area (Å²) in [5.74, 6) is -2.40. The van der Waals surface area contributed by atoms with Crippen LogP contribution in [0.4, 0.5) is 13.2 Å². The lowest BCUT2D eigenvalue weighted by Crippen LogP contribution is -2.45. The van der Waals surface area contributed by atoms with Gasteiger partial charge in [-0.3, -0.25) is 9.59 Å². The van der Waals surface area contributed by atoms with Crippen LogP contribution in [0.25, 0.3) is 0 Å². The molecule has 1 saturated heterocycles. The summed E-state index contributed by atoms with van der Waals surface area (Å²) in [6, 6.07) is 0. The van der Waals surface area contributed by atoms with Crippen LogP contribution >= 0.6 is 0 Å². The Labute approximate surface area is 140 Å². The van der Waals surface area contributed by atoms with Crippen LogP contribution < -0.4 is 5.32 Å². The molecule has 0 aromatic carbocycles. The molecule has 0 aromatic rings. The third-order valence-electron chi connectivity index (χ3n) is 5.22. The van der Waals surface area contributed by atoms with Crippen molar-refractivity contribution in [2.75, 3.05) is 19.6 Å². The van der Waals surface area contributed by atoms with Crippen LogP contribution in [0.3, 0.4) is 0 Å². The first-order chi connectivity index (χ1) is 11.3. The minimum absolute atomic E-state index is 0.0921. The van der Waals surface area contributed by atoms with E-state index in [1.54, 1.807) is 4.90 Å². The number of alkyl halides is 3. The predicted molar refractivity (Wildman–Crippen MR) is 84.0 cm³/mol. The fourth-order valence-electron chi connectivity index (χ4n) is 3.75. The van der Waals surface area contributed by atoms with E-state index in [0.29, 0.717) is 38.8 Å². The van der Waals surface area contributed by atoms with Gasteiger partial charge in [0.15, 0.2) is 0 Å². The van der Waals surface area contributed by atoms with Crippen molar-refractivity contribution < 1.29 is 22.8 Å². The van der Waals surface area contributed by atoms with Crippen molar-refractivity contribution in [1.29, 1.82) is 0 Å². The smallest absolute Gasteiger partial charge is 0.356 e. The Balaban J connectivity index is 1.80. The lowest BCUT2D eigenvalue weighted by molar-refractivity contribution is -0.195. The van der Waals surface area contributed by atoms with E-state index in [0.717, 1.165) is 6.42 Å². The number of carbonyl (C=O) groups is 2. The Morgan fingerprint density at radius 2 is 1.75 bits per heavy atom. The van der Waals surface area contributed by atoms with E-state index in [2.05, 4.69) is 11.9 Å². The van der Waals surface area contributed by atoms with Gasteiger partial charge in [0.05, 0.1) is 5.92 Å². The summed E-state index contributed by atoms with van der Waals surface area (Å²) in [7, 11) is 0. The van der Waals surface area contributed by atoms with Gasteiger partial charge in [0.25, 0.3) is 0 Å². The number of carbonyl (C=O) groups excluding carboxylic acids is 2. The van der Waals surface area contributed by atoms with E-state index in [-0.39, 0.29) is 30.7 Å². The fourth-order valence-corrected chi connectivity index (χ4v) is 3.75. The predicted octanol–water partition coefficient (Wildman–Crippen LogP) is 2.90. The van der Waals surface area contributed by atoms with Gasteiger partial charge >= 0.3 is 6.18 Å². The monoisotopic (exact) mass is 346 g/mol. The molecule has 7 heteroatoms. The van der Waals surface area contributed by atoms with Gasteiger partial charge in [0, 0.05) is 25.6 Å². The number of hydrogen-bond donors (Lipinski definition) is 1. The van der Waals surface area contributed by atoms with Gasteiger partial charge in [0.2, 0.25) is 11.8 Å². The molecular formula is C17H25F3N2O2. The molecular weight excluding hydrogens is 321 g/mol. The van der Waals surface area contributed by atoms with Crippen molar-refractivity contribution in [3.63, 3.8) is 0 Å². The molecule has 0 unspecified atom stereocenters. The number of rotatable bonds is 4. The van der Waals surface area contributed by atoms with Crippen LogP contribution in [0.15, 0.2) is 12.7 Å². The van der Waals surface area contributed by atoms with Crippen LogP contribution in [0.2, 0.25) is 0 Å². The SMILES string of the molecule is C=CC(=O)N1CCC(C(=O)NC[C@H]2CCCC[C@H]2C(F)(F)F)CC1. The molecule has 1 N–H and O–H groups in total. The lowest BCUT2D eigenvalue weighted by atomic mass is 9.78. The molecule has 1 heterocycles. The minimum atomic E-state index is -4.19. The number of amides is 2. The summed E-state index contributed by atoms with van der Waals surface area (Å²) in [4.78, 5) is 25.4. The number of piperidine rings is 1. The standard InChI is InChI=1S/C17H25F3N2O2/c1-2-15(23)22-9-7-12(8-10-22)16(24)21-11-13-5-3-4-6-14(13)17(18,19)20/h2,12-14H,1,3-11H2,(H,21,24)/t13-,14-/m1/s1. The second kappa shape index (κ2) is 8.03. The third-order valence-corrected chi connectivity index (χ3v) is 5.22. The molecule has 2 aliphatic rings. The van der Waals surface area contributed by atoms with Crippen molar-refractivity contribution in [3.8, 4) is 0 Å². The Bertz CT molecular complexity index is 471.